The maximum Gasteiger partial charge on any atom is 0.454 e. The van der Waals surface area contributed by atoms with Crippen LogP contribution in [-0.2, 0) is 0 Å². The second-order valence-corrected chi connectivity index (χ2v) is 5.00. The third kappa shape index (κ3) is 3.60. The van der Waals surface area contributed by atoms with Crippen molar-refractivity contribution >= 4 is 11.7 Å². The summed E-state index contributed by atoms with van der Waals surface area (Å²) >= 11 is 0. The Labute approximate surface area is 120 Å². The Morgan fingerprint density at radius 1 is 0.952 bits per heavy atom. The summed E-state index contributed by atoms with van der Waals surface area (Å²) in [5.41, 5.74) is -0.171. The van der Waals surface area contributed by atoms with E-state index in [0.717, 1.165) is 25.2 Å². The van der Waals surface area contributed by atoms with Gasteiger partial charge in [-0.25, -0.2) is 0 Å². The van der Waals surface area contributed by atoms with Crippen LogP contribution in [0.5, 0.6) is 0 Å². The van der Waals surface area contributed by atoms with Crippen LogP contribution in [0.1, 0.15) is 20.7 Å². The van der Waals surface area contributed by atoms with Crippen molar-refractivity contribution in [2.24, 2.45) is 0 Å². The van der Waals surface area contributed by atoms with Crippen LogP contribution in [0, 0.1) is 0 Å². The van der Waals surface area contributed by atoms with Crippen molar-refractivity contribution in [1.29, 1.82) is 0 Å². The van der Waals surface area contributed by atoms with E-state index in [4.69, 9.17) is 0 Å². The molecule has 21 heavy (non-hydrogen) atoms. The number of Topliss-reactive ketones (excluding diaryl/α,β-unsaturated/α-hetero) is 1. The van der Waals surface area contributed by atoms with Crippen LogP contribution < -0.4 is 0 Å². The number of alkyl halides is 3. The number of hydrogen-bond donors (Lipinski definition) is 0. The molecule has 0 bridgehead atoms. The highest BCUT2D eigenvalue weighted by Gasteiger charge is 2.39. The number of carbonyl (C=O) groups excluding carboxylic acids is 2. The number of hydrogen-bond acceptors (Lipinski definition) is 3. The van der Waals surface area contributed by atoms with Crippen molar-refractivity contribution in [3.05, 3.63) is 35.4 Å². The maximum absolute atomic E-state index is 12.3. The lowest BCUT2D eigenvalue weighted by Crippen LogP contribution is -2.47. The van der Waals surface area contributed by atoms with E-state index in [9.17, 15) is 22.8 Å². The van der Waals surface area contributed by atoms with Gasteiger partial charge < -0.3 is 9.80 Å². The lowest BCUT2D eigenvalue weighted by atomic mass is 10.1. The van der Waals surface area contributed by atoms with E-state index in [0.29, 0.717) is 18.7 Å². The van der Waals surface area contributed by atoms with Crippen LogP contribution in [0.2, 0.25) is 0 Å². The molecule has 0 unspecified atom stereocenters. The van der Waals surface area contributed by atoms with E-state index >= 15 is 0 Å². The summed E-state index contributed by atoms with van der Waals surface area (Å²) in [5.74, 6) is -2.13. The fourth-order valence-electron chi connectivity index (χ4n) is 2.12. The van der Waals surface area contributed by atoms with E-state index in [1.165, 1.54) is 12.1 Å². The van der Waals surface area contributed by atoms with Crippen LogP contribution in [0.25, 0.3) is 0 Å². The van der Waals surface area contributed by atoms with E-state index in [1.807, 2.05) is 7.05 Å². The molecule has 0 aromatic heterocycles. The third-order valence-corrected chi connectivity index (χ3v) is 3.44. The standard InChI is InChI=1S/C14H15F3N2O2/c1-18-6-8-19(9-7-18)13(21)11-4-2-10(3-5-11)12(20)14(15,16)17/h2-5H,6-9H2,1H3. The first-order valence-electron chi connectivity index (χ1n) is 6.48. The fourth-order valence-corrected chi connectivity index (χ4v) is 2.12. The summed E-state index contributed by atoms with van der Waals surface area (Å²) in [6.45, 7) is 2.68. The minimum Gasteiger partial charge on any atom is -0.336 e. The van der Waals surface area contributed by atoms with Crippen LogP contribution >= 0.6 is 0 Å². The average molecular weight is 300 g/mol. The SMILES string of the molecule is CN1CCN(C(=O)c2ccc(C(=O)C(F)(F)F)cc2)CC1. The van der Waals surface area contributed by atoms with Gasteiger partial charge in [-0.3, -0.25) is 9.59 Å². The molecule has 1 aromatic carbocycles. The lowest BCUT2D eigenvalue weighted by Gasteiger charge is -2.32. The Morgan fingerprint density at radius 3 is 1.90 bits per heavy atom. The van der Waals surface area contributed by atoms with Gasteiger partial charge in [0.15, 0.2) is 0 Å². The predicted molar refractivity (Wildman–Crippen MR) is 70.2 cm³/mol. The van der Waals surface area contributed by atoms with Gasteiger partial charge in [-0.2, -0.15) is 13.2 Å². The summed E-state index contributed by atoms with van der Waals surface area (Å²) in [7, 11) is 1.96. The number of halogens is 3. The Kier molecular flexibility index (Phi) is 4.32. The molecule has 0 atom stereocenters. The number of carbonyl (C=O) groups is 2. The number of rotatable bonds is 2. The number of ketones is 1. The monoisotopic (exact) mass is 300 g/mol. The molecule has 2 rings (SSSR count). The topological polar surface area (TPSA) is 40.6 Å². The van der Waals surface area contributed by atoms with Gasteiger partial charge in [0.1, 0.15) is 0 Å². The summed E-state index contributed by atoms with van der Waals surface area (Å²) in [5, 5.41) is 0. The molecule has 1 aliphatic heterocycles. The molecule has 1 saturated heterocycles. The van der Waals surface area contributed by atoms with Gasteiger partial charge in [-0.15, -0.1) is 0 Å². The highest BCUT2D eigenvalue weighted by Crippen LogP contribution is 2.21. The summed E-state index contributed by atoms with van der Waals surface area (Å²) in [4.78, 5) is 27.0. The Balaban J connectivity index is 2.08. The maximum atomic E-state index is 12.3. The first-order chi connectivity index (χ1) is 9.79. The van der Waals surface area contributed by atoms with Gasteiger partial charge in [0.2, 0.25) is 0 Å². The van der Waals surface area contributed by atoms with Crippen molar-refractivity contribution in [1.82, 2.24) is 9.80 Å². The van der Waals surface area contributed by atoms with Crippen molar-refractivity contribution in [3.63, 3.8) is 0 Å². The smallest absolute Gasteiger partial charge is 0.336 e. The van der Waals surface area contributed by atoms with Crippen LogP contribution in [0.4, 0.5) is 13.2 Å². The average Bonchev–Trinajstić information content (AvgIpc) is 2.46. The molecule has 1 heterocycles. The van der Waals surface area contributed by atoms with Crippen molar-refractivity contribution in [3.8, 4) is 0 Å². The number of benzene rings is 1. The van der Waals surface area contributed by atoms with E-state index in [2.05, 4.69) is 4.90 Å². The van der Waals surface area contributed by atoms with Crippen LogP contribution in [0.15, 0.2) is 24.3 Å². The van der Waals surface area contributed by atoms with Crippen LogP contribution in [-0.4, -0.2) is 60.9 Å². The van der Waals surface area contributed by atoms with Gasteiger partial charge in [0.25, 0.3) is 11.7 Å². The molecule has 1 aromatic rings. The molecule has 0 saturated carbocycles. The Hall–Kier alpha value is -1.89. The highest BCUT2D eigenvalue weighted by atomic mass is 19.4. The number of amides is 1. The fraction of sp³-hybridized carbons (Fsp3) is 0.429. The molecule has 0 N–H and O–H groups in total. The molecular formula is C14H15F3N2O2. The largest absolute Gasteiger partial charge is 0.454 e. The second kappa shape index (κ2) is 5.85. The summed E-state index contributed by atoms with van der Waals surface area (Å²) < 4.78 is 36.9. The van der Waals surface area contributed by atoms with E-state index < -0.39 is 17.5 Å². The molecule has 1 fully saturated rings. The van der Waals surface area contributed by atoms with Gasteiger partial charge in [-0.05, 0) is 19.2 Å². The molecule has 0 spiro atoms. The molecule has 114 valence electrons. The van der Waals surface area contributed by atoms with Crippen LogP contribution in [0.3, 0.4) is 0 Å². The van der Waals surface area contributed by atoms with Gasteiger partial charge in [0, 0.05) is 37.3 Å². The molecule has 0 aliphatic carbocycles. The molecule has 0 radical (unpaired) electrons. The molecular weight excluding hydrogens is 285 g/mol. The Morgan fingerprint density at radius 2 is 1.43 bits per heavy atom. The van der Waals surface area contributed by atoms with Crippen molar-refractivity contribution < 1.29 is 22.8 Å². The minimum absolute atomic E-state index is 0.228. The van der Waals surface area contributed by atoms with Crippen molar-refractivity contribution in [2.45, 2.75) is 6.18 Å². The number of likely N-dealkylation sites (N-methyl/N-ethyl adjacent to an activating group) is 1. The summed E-state index contributed by atoms with van der Waals surface area (Å²) in [6, 6.07) is 4.61. The van der Waals surface area contributed by atoms with Gasteiger partial charge >= 0.3 is 6.18 Å². The number of nitrogens with zero attached hydrogens (tertiary/aromatic N) is 2. The molecule has 1 aliphatic rings. The molecule has 7 heteroatoms. The van der Waals surface area contributed by atoms with Crippen molar-refractivity contribution in [2.75, 3.05) is 33.2 Å². The van der Waals surface area contributed by atoms with E-state index in [1.54, 1.807) is 4.90 Å². The molecule has 4 nitrogen and oxygen atoms in total. The lowest BCUT2D eigenvalue weighted by molar-refractivity contribution is -0.0885. The predicted octanol–water partition coefficient (Wildman–Crippen LogP) is 1.82. The number of piperazine rings is 1. The Bertz CT molecular complexity index is 532. The quantitative estimate of drug-likeness (QED) is 0.782. The first-order valence-corrected chi connectivity index (χ1v) is 6.48. The van der Waals surface area contributed by atoms with Gasteiger partial charge in [0.05, 0.1) is 0 Å². The first kappa shape index (κ1) is 15.5. The summed E-state index contributed by atoms with van der Waals surface area (Å²) in [6.07, 6.45) is -4.90. The highest BCUT2D eigenvalue weighted by molar-refractivity contribution is 6.01. The second-order valence-electron chi connectivity index (χ2n) is 5.00. The molecule has 1 amide bonds. The zero-order valence-electron chi connectivity index (χ0n) is 11.5. The normalized spacial score (nSPS) is 16.9. The van der Waals surface area contributed by atoms with Gasteiger partial charge in [-0.1, -0.05) is 12.1 Å². The van der Waals surface area contributed by atoms with E-state index in [-0.39, 0.29) is 5.91 Å². The zero-order valence-corrected chi connectivity index (χ0v) is 11.5. The minimum atomic E-state index is -4.90. The third-order valence-electron chi connectivity index (χ3n) is 3.44. The zero-order chi connectivity index (χ0) is 15.6.